The lowest BCUT2D eigenvalue weighted by molar-refractivity contribution is 0.0965. The first-order valence-electron chi connectivity index (χ1n) is 12.3. The molecule has 2 aromatic carbocycles. The third-order valence-corrected chi connectivity index (χ3v) is 7.79. The normalized spacial score (nSPS) is 15.9. The van der Waals surface area contributed by atoms with E-state index in [1.165, 1.54) is 16.7 Å². The number of benzene rings is 2. The van der Waals surface area contributed by atoms with Gasteiger partial charge in [0, 0.05) is 16.9 Å². The Morgan fingerprint density at radius 1 is 0.969 bits per heavy atom. The maximum absolute atomic E-state index is 12.4. The van der Waals surface area contributed by atoms with Crippen LogP contribution in [0.2, 0.25) is 0 Å². The largest absolute Gasteiger partial charge is 0.372 e. The molecule has 0 bridgehead atoms. The van der Waals surface area contributed by atoms with Crippen molar-refractivity contribution in [3.05, 3.63) is 82.9 Å². The Kier molecular flexibility index (Phi) is 7.77. The second kappa shape index (κ2) is 10.2. The number of rotatable bonds is 12. The van der Waals surface area contributed by atoms with E-state index in [2.05, 4.69) is 65.5 Å². The van der Waals surface area contributed by atoms with Crippen molar-refractivity contribution in [3.63, 3.8) is 0 Å². The molecule has 0 amide bonds. The zero-order valence-corrected chi connectivity index (χ0v) is 20.7. The van der Waals surface area contributed by atoms with E-state index >= 15 is 0 Å². The standard InChI is InChI=1S/C30H40O2/c1-7-29(5,8-2)26-17-23(18-27(19-26)30(6,9-3)10-4)21-32-20-22-12-11-13-25(16-22)28(31)24-14-15-24/h7,11-13,16-19,24H,1,8-10,14-15,20-21H2,2-6H3. The predicted molar refractivity (Wildman–Crippen MR) is 134 cm³/mol. The van der Waals surface area contributed by atoms with Gasteiger partial charge in [0.1, 0.15) is 0 Å². The SMILES string of the molecule is C=CC(C)(CC)c1cc(COCc2cccc(C(=O)C3CC3)c2)cc(C(C)(CC)CC)c1. The first-order valence-corrected chi connectivity index (χ1v) is 12.3. The van der Waals surface area contributed by atoms with Crippen molar-refractivity contribution in [2.75, 3.05) is 0 Å². The average molecular weight is 433 g/mol. The lowest BCUT2D eigenvalue weighted by Gasteiger charge is -2.32. The summed E-state index contributed by atoms with van der Waals surface area (Å²) in [6, 6.07) is 14.9. The highest BCUT2D eigenvalue weighted by Gasteiger charge is 2.30. The second-order valence-electron chi connectivity index (χ2n) is 9.99. The number of allylic oxidation sites excluding steroid dienone is 1. The van der Waals surface area contributed by atoms with Gasteiger partial charge in [0.25, 0.3) is 0 Å². The van der Waals surface area contributed by atoms with Crippen molar-refractivity contribution < 1.29 is 9.53 Å². The van der Waals surface area contributed by atoms with Gasteiger partial charge in [-0.2, -0.15) is 0 Å². The summed E-state index contributed by atoms with van der Waals surface area (Å²) in [5.74, 6) is 0.530. The minimum absolute atomic E-state index is 0.0509. The van der Waals surface area contributed by atoms with Gasteiger partial charge in [0.05, 0.1) is 13.2 Å². The molecule has 1 aliphatic rings. The molecule has 0 heterocycles. The van der Waals surface area contributed by atoms with Crippen molar-refractivity contribution in [1.29, 1.82) is 0 Å². The van der Waals surface area contributed by atoms with Gasteiger partial charge in [-0.3, -0.25) is 4.79 Å². The molecule has 2 aromatic rings. The van der Waals surface area contributed by atoms with Gasteiger partial charge in [0.2, 0.25) is 0 Å². The van der Waals surface area contributed by atoms with E-state index in [4.69, 9.17) is 4.74 Å². The molecule has 3 rings (SSSR count). The molecule has 0 saturated heterocycles. The van der Waals surface area contributed by atoms with Gasteiger partial charge in [-0.1, -0.05) is 77.1 Å². The Labute approximate surface area is 195 Å². The number of carbonyl (C=O) groups is 1. The van der Waals surface area contributed by atoms with E-state index in [1.807, 2.05) is 24.3 Å². The zero-order valence-electron chi connectivity index (χ0n) is 20.7. The maximum atomic E-state index is 12.4. The lowest BCUT2D eigenvalue weighted by atomic mass is 9.73. The van der Waals surface area contributed by atoms with E-state index in [9.17, 15) is 4.79 Å². The van der Waals surface area contributed by atoms with E-state index < -0.39 is 0 Å². The number of ether oxygens (including phenoxy) is 1. The van der Waals surface area contributed by atoms with Crippen LogP contribution >= 0.6 is 0 Å². The van der Waals surface area contributed by atoms with E-state index in [0.29, 0.717) is 13.2 Å². The molecule has 1 saturated carbocycles. The predicted octanol–water partition coefficient (Wildman–Crippen LogP) is 7.93. The number of carbonyl (C=O) groups excluding carboxylic acids is 1. The molecule has 0 aromatic heterocycles. The van der Waals surface area contributed by atoms with Crippen molar-refractivity contribution in [2.45, 2.75) is 90.8 Å². The van der Waals surface area contributed by atoms with Crippen LogP contribution < -0.4 is 0 Å². The van der Waals surface area contributed by atoms with Crippen LogP contribution in [-0.4, -0.2) is 5.78 Å². The Hall–Kier alpha value is -2.19. The number of ketones is 1. The smallest absolute Gasteiger partial charge is 0.165 e. The summed E-state index contributed by atoms with van der Waals surface area (Å²) in [7, 11) is 0. The first-order chi connectivity index (χ1) is 15.3. The highest BCUT2D eigenvalue weighted by atomic mass is 16.5. The molecule has 1 unspecified atom stereocenters. The van der Waals surface area contributed by atoms with Gasteiger partial charge < -0.3 is 4.74 Å². The third-order valence-electron chi connectivity index (χ3n) is 7.79. The molecule has 1 atom stereocenters. The Morgan fingerprint density at radius 3 is 2.22 bits per heavy atom. The molecule has 2 nitrogen and oxygen atoms in total. The quantitative estimate of drug-likeness (QED) is 0.251. The minimum Gasteiger partial charge on any atom is -0.372 e. The van der Waals surface area contributed by atoms with E-state index in [0.717, 1.165) is 43.2 Å². The summed E-state index contributed by atoms with van der Waals surface area (Å²) in [6.07, 6.45) is 7.37. The zero-order chi connectivity index (χ0) is 23.4. The average Bonchev–Trinajstić information content (AvgIpc) is 3.68. The van der Waals surface area contributed by atoms with Gasteiger partial charge in [-0.15, -0.1) is 6.58 Å². The summed E-state index contributed by atoms with van der Waals surface area (Å²) in [4.78, 5) is 12.4. The maximum Gasteiger partial charge on any atom is 0.165 e. The Bertz CT molecular complexity index is 949. The summed E-state index contributed by atoms with van der Waals surface area (Å²) >= 11 is 0. The summed E-state index contributed by atoms with van der Waals surface area (Å²) in [5.41, 5.74) is 5.89. The fourth-order valence-electron chi connectivity index (χ4n) is 4.26. The van der Waals surface area contributed by atoms with Crippen LogP contribution in [0, 0.1) is 5.92 Å². The fourth-order valence-corrected chi connectivity index (χ4v) is 4.26. The van der Waals surface area contributed by atoms with Crippen LogP contribution in [0.1, 0.15) is 99.3 Å². The summed E-state index contributed by atoms with van der Waals surface area (Å²) in [5, 5.41) is 0. The molecule has 1 aliphatic carbocycles. The minimum atomic E-state index is -0.0509. The Morgan fingerprint density at radius 2 is 1.62 bits per heavy atom. The van der Waals surface area contributed by atoms with Crippen LogP contribution in [0.5, 0.6) is 0 Å². The number of hydrogen-bond acceptors (Lipinski definition) is 2. The molecule has 172 valence electrons. The Balaban J connectivity index is 1.80. The van der Waals surface area contributed by atoms with Crippen LogP contribution in [0.4, 0.5) is 0 Å². The molecule has 0 aliphatic heterocycles. The fraction of sp³-hybridized carbons (Fsp3) is 0.500. The summed E-state index contributed by atoms with van der Waals surface area (Å²) in [6.45, 7) is 16.6. The molecular weight excluding hydrogens is 392 g/mol. The van der Waals surface area contributed by atoms with Gasteiger partial charge in [-0.05, 0) is 65.8 Å². The van der Waals surface area contributed by atoms with Crippen molar-refractivity contribution in [3.8, 4) is 0 Å². The summed E-state index contributed by atoms with van der Waals surface area (Å²) < 4.78 is 6.15. The first kappa shape index (κ1) is 24.5. The molecule has 32 heavy (non-hydrogen) atoms. The second-order valence-corrected chi connectivity index (χ2v) is 9.99. The van der Waals surface area contributed by atoms with Crippen molar-refractivity contribution in [1.82, 2.24) is 0 Å². The van der Waals surface area contributed by atoms with Crippen molar-refractivity contribution in [2.24, 2.45) is 5.92 Å². The number of Topliss-reactive ketones (excluding diaryl/α,β-unsaturated/α-hetero) is 1. The molecule has 0 spiro atoms. The van der Waals surface area contributed by atoms with Crippen LogP contribution in [0.15, 0.2) is 55.1 Å². The van der Waals surface area contributed by atoms with E-state index in [1.54, 1.807) is 0 Å². The van der Waals surface area contributed by atoms with E-state index in [-0.39, 0.29) is 22.5 Å². The highest BCUT2D eigenvalue weighted by Crippen LogP contribution is 2.37. The van der Waals surface area contributed by atoms with Crippen LogP contribution in [-0.2, 0) is 28.8 Å². The van der Waals surface area contributed by atoms with Crippen molar-refractivity contribution >= 4 is 5.78 Å². The monoisotopic (exact) mass is 432 g/mol. The lowest BCUT2D eigenvalue weighted by Crippen LogP contribution is -2.23. The van der Waals surface area contributed by atoms with Gasteiger partial charge in [-0.25, -0.2) is 0 Å². The van der Waals surface area contributed by atoms with Gasteiger partial charge >= 0.3 is 0 Å². The third kappa shape index (κ3) is 5.41. The molecule has 2 heteroatoms. The molecule has 0 N–H and O–H groups in total. The topological polar surface area (TPSA) is 26.3 Å². The van der Waals surface area contributed by atoms with Crippen LogP contribution in [0.3, 0.4) is 0 Å². The highest BCUT2D eigenvalue weighted by molar-refractivity contribution is 5.99. The number of hydrogen-bond donors (Lipinski definition) is 0. The molecule has 0 radical (unpaired) electrons. The van der Waals surface area contributed by atoms with Gasteiger partial charge in [0.15, 0.2) is 5.78 Å². The van der Waals surface area contributed by atoms with Crippen LogP contribution in [0.25, 0.3) is 0 Å². The molecule has 1 fully saturated rings. The molecular formula is C30H40O2.